The highest BCUT2D eigenvalue weighted by atomic mass is 17.3. The summed E-state index contributed by atoms with van der Waals surface area (Å²) >= 11 is 0. The van der Waals surface area contributed by atoms with Gasteiger partial charge in [-0.1, -0.05) is 41.5 Å². The molecule has 0 radical (unpaired) electrons. The van der Waals surface area contributed by atoms with Crippen molar-refractivity contribution >= 4 is 17.9 Å². The predicted molar refractivity (Wildman–Crippen MR) is 257 cm³/mol. The maximum atomic E-state index is 14.1. The Morgan fingerprint density at radius 3 is 1.01 bits per heavy atom. The molecular formula is C56H84O19. The van der Waals surface area contributed by atoms with Crippen molar-refractivity contribution in [3.05, 3.63) is 0 Å². The van der Waals surface area contributed by atoms with Crippen LogP contribution >= 0.6 is 0 Å². The Morgan fingerprint density at radius 1 is 0.440 bits per heavy atom. The standard InChI is InChI=1S/C56H84O19/c1-29-10-13-38-32(4)41(64-47-54(38)35(29)16-19-50(7,67-47)70-73-54)22-44(58)61-26-53(25-57,27-62-45(59)23-42-33(5)39-14-11-30(2)36-17-20-51(8)68-48(65-42)55(36,39)74-71-51)28-63-46(60)24-43-34(6)40-15-12-31(3)37-18-21-52(9)69-49(66-43)56(37,40)75-72-52/h29-43,47-49,57H,10-28H2,1-9H3/t29-,30-,31-,32-,33-,34-,35+,36+,37+,38+,39+,40+,41?,42?,43?,47-,48-,49-,50-,51+,52+,53?,54-,55-,56-/m1/s1. The van der Waals surface area contributed by atoms with Crippen LogP contribution in [0.2, 0.25) is 0 Å². The summed E-state index contributed by atoms with van der Waals surface area (Å²) in [4.78, 5) is 79.3. The van der Waals surface area contributed by atoms with E-state index in [9.17, 15) is 19.5 Å². The van der Waals surface area contributed by atoms with Crippen LogP contribution in [-0.4, -0.2) is 121 Å². The van der Waals surface area contributed by atoms with Crippen molar-refractivity contribution in [3.63, 3.8) is 0 Å². The van der Waals surface area contributed by atoms with E-state index in [4.69, 9.17) is 72.0 Å². The third kappa shape index (κ3) is 8.62. The molecule has 3 saturated carbocycles. The largest absolute Gasteiger partial charge is 0.465 e. The number of carbonyl (C=O) groups is 3. The highest BCUT2D eigenvalue weighted by Crippen LogP contribution is 2.64. The van der Waals surface area contributed by atoms with Gasteiger partial charge in [0.05, 0.1) is 49.6 Å². The first-order chi connectivity index (χ1) is 35.7. The molecule has 6 bridgehead atoms. The number of rotatable bonds is 13. The van der Waals surface area contributed by atoms with E-state index < -0.39 is 121 Å². The topological polar surface area (TPSA) is 210 Å². The predicted octanol–water partition coefficient (Wildman–Crippen LogP) is 7.52. The van der Waals surface area contributed by atoms with Crippen LogP contribution < -0.4 is 0 Å². The van der Waals surface area contributed by atoms with Crippen LogP contribution in [0.15, 0.2) is 0 Å². The Kier molecular flexibility index (Phi) is 13.8. The summed E-state index contributed by atoms with van der Waals surface area (Å²) in [6, 6.07) is 0. The molecule has 15 fully saturated rings. The molecule has 24 atom stereocenters. The molecule has 19 heteroatoms. The van der Waals surface area contributed by atoms with Crippen LogP contribution in [0.4, 0.5) is 0 Å². The number of fused-ring (bicyclic) bond motifs is 6. The summed E-state index contributed by atoms with van der Waals surface area (Å²) < 4.78 is 57.8. The number of hydrogen-bond donors (Lipinski definition) is 1. The molecule has 0 aromatic carbocycles. The molecule has 3 spiro atoms. The zero-order chi connectivity index (χ0) is 52.7. The number of aliphatic hydroxyl groups excluding tert-OH is 1. The summed E-state index contributed by atoms with van der Waals surface area (Å²) in [7, 11) is 0. The third-order valence-electron chi connectivity index (χ3n) is 21.9. The van der Waals surface area contributed by atoms with Gasteiger partial charge in [-0.05, 0) is 132 Å². The number of ether oxygens (including phenoxy) is 9. The minimum absolute atomic E-state index is 0.00341. The van der Waals surface area contributed by atoms with Gasteiger partial charge in [0, 0.05) is 37.0 Å². The maximum absolute atomic E-state index is 14.1. The van der Waals surface area contributed by atoms with Gasteiger partial charge in [0.25, 0.3) is 0 Å². The highest BCUT2D eigenvalue weighted by molar-refractivity contribution is 5.71. The molecular weight excluding hydrogens is 977 g/mol. The molecule has 1 N–H and O–H groups in total. The van der Waals surface area contributed by atoms with E-state index in [1.165, 1.54) is 0 Å². The van der Waals surface area contributed by atoms with Gasteiger partial charge in [0.2, 0.25) is 17.4 Å². The SMILES string of the molecule is C[C@@H]1CC[C@H]2[C@@H](C)C(CC(=O)OCC(CO)(COC(=O)CC3O[C@@H]4O[C@]5(C)CC[C@H]6[C@H](C)CC[C@@H]([C@H]3C)[C@@]46OO5)COC(=O)CC3O[C@@H]4O[C@]5(C)CC[C@H]6[C@H](C)CC[C@@H]([C@H]3C)[C@@]46OO5)O[C@@H]3O[C@@]4(C)CC[C@@H]1[C@]32OO4. The number of carbonyl (C=O) groups excluding carboxylic acids is 3. The summed E-state index contributed by atoms with van der Waals surface area (Å²) in [5, 5.41) is 11.3. The molecule has 3 unspecified atom stereocenters. The lowest BCUT2D eigenvalue weighted by Gasteiger charge is -2.60. The Hall–Kier alpha value is -2.11. The van der Waals surface area contributed by atoms with E-state index in [1.54, 1.807) is 0 Å². The second-order valence-electron chi connectivity index (χ2n) is 26.6. The van der Waals surface area contributed by atoms with Crippen LogP contribution in [0.25, 0.3) is 0 Å². The summed E-state index contributed by atoms with van der Waals surface area (Å²) in [6.07, 6.45) is 5.96. The molecule has 422 valence electrons. The summed E-state index contributed by atoms with van der Waals surface area (Å²) in [5.74, 6) is -3.41. The van der Waals surface area contributed by atoms with Gasteiger partial charge in [0.15, 0.2) is 35.7 Å². The lowest BCUT2D eigenvalue weighted by Crippen LogP contribution is -2.70. The minimum atomic E-state index is -1.54. The van der Waals surface area contributed by atoms with Gasteiger partial charge in [-0.3, -0.25) is 14.4 Å². The highest BCUT2D eigenvalue weighted by Gasteiger charge is 2.72. The van der Waals surface area contributed by atoms with Gasteiger partial charge in [-0.25, -0.2) is 29.3 Å². The fourth-order valence-corrected chi connectivity index (χ4v) is 17.3. The maximum Gasteiger partial charge on any atom is 0.308 e. The molecule has 12 heterocycles. The van der Waals surface area contributed by atoms with Crippen molar-refractivity contribution < 1.29 is 91.4 Å². The van der Waals surface area contributed by atoms with Crippen LogP contribution in [0.3, 0.4) is 0 Å². The minimum Gasteiger partial charge on any atom is -0.465 e. The molecule has 15 aliphatic rings. The first-order valence-corrected chi connectivity index (χ1v) is 28.9. The van der Waals surface area contributed by atoms with Crippen molar-refractivity contribution in [2.45, 2.75) is 230 Å². The van der Waals surface area contributed by atoms with E-state index in [0.29, 0.717) is 37.0 Å². The average Bonchev–Trinajstić information content (AvgIpc) is 4.03. The van der Waals surface area contributed by atoms with E-state index in [2.05, 4.69) is 41.5 Å². The quantitative estimate of drug-likeness (QED) is 0.107. The van der Waals surface area contributed by atoms with Crippen molar-refractivity contribution in [3.8, 4) is 0 Å². The van der Waals surface area contributed by atoms with Gasteiger partial charge in [0.1, 0.15) is 19.8 Å². The van der Waals surface area contributed by atoms with Gasteiger partial charge in [-0.2, -0.15) is 0 Å². The molecule has 15 rings (SSSR count). The van der Waals surface area contributed by atoms with Crippen LogP contribution in [-0.2, 0) is 86.3 Å². The van der Waals surface area contributed by atoms with Crippen LogP contribution in [0.1, 0.15) is 159 Å². The molecule has 75 heavy (non-hydrogen) atoms. The number of aliphatic hydroxyl groups is 1. The van der Waals surface area contributed by atoms with Gasteiger partial charge < -0.3 is 47.7 Å². The molecule has 3 aliphatic carbocycles. The molecule has 12 aliphatic heterocycles. The summed E-state index contributed by atoms with van der Waals surface area (Å²) in [6.45, 7) is 16.7. The van der Waals surface area contributed by atoms with Crippen molar-refractivity contribution in [2.75, 3.05) is 26.4 Å². The summed E-state index contributed by atoms with van der Waals surface area (Å²) in [5.41, 5.74) is -3.93. The van der Waals surface area contributed by atoms with Crippen molar-refractivity contribution in [1.29, 1.82) is 0 Å². The second-order valence-corrected chi connectivity index (χ2v) is 26.6. The van der Waals surface area contributed by atoms with Crippen molar-refractivity contribution in [2.24, 2.45) is 76.4 Å². The van der Waals surface area contributed by atoms with Crippen molar-refractivity contribution in [1.82, 2.24) is 0 Å². The molecule has 12 saturated heterocycles. The number of esters is 3. The zero-order valence-electron chi connectivity index (χ0n) is 45.6. The monoisotopic (exact) mass is 1060 g/mol. The Morgan fingerprint density at radius 2 is 0.733 bits per heavy atom. The Bertz CT molecular complexity index is 1950. The normalized spacial score (nSPS) is 52.9. The smallest absolute Gasteiger partial charge is 0.308 e. The Labute approximate surface area is 441 Å². The lowest BCUT2D eigenvalue weighted by molar-refractivity contribution is -0.571. The first kappa shape index (κ1) is 53.5. The lowest BCUT2D eigenvalue weighted by atomic mass is 9.57. The molecule has 0 aromatic rings. The first-order valence-electron chi connectivity index (χ1n) is 28.9. The second kappa shape index (κ2) is 19.3. The fraction of sp³-hybridized carbons (Fsp3) is 0.946. The van der Waals surface area contributed by atoms with E-state index >= 15 is 0 Å². The van der Waals surface area contributed by atoms with E-state index in [0.717, 1.165) is 57.8 Å². The van der Waals surface area contributed by atoms with Crippen LogP contribution in [0.5, 0.6) is 0 Å². The average molecular weight is 1060 g/mol. The fourth-order valence-electron chi connectivity index (χ4n) is 17.3. The molecule has 0 aromatic heterocycles. The Balaban J connectivity index is 0.740. The third-order valence-corrected chi connectivity index (χ3v) is 21.9. The molecule has 19 nitrogen and oxygen atoms in total. The van der Waals surface area contributed by atoms with Gasteiger partial charge >= 0.3 is 17.9 Å². The molecule has 0 amide bonds. The van der Waals surface area contributed by atoms with Crippen LogP contribution in [0, 0.1) is 76.4 Å². The van der Waals surface area contributed by atoms with E-state index in [1.807, 2.05) is 20.8 Å². The van der Waals surface area contributed by atoms with Gasteiger partial charge in [-0.15, -0.1) is 0 Å². The van der Waals surface area contributed by atoms with E-state index in [-0.39, 0.29) is 72.5 Å². The zero-order valence-corrected chi connectivity index (χ0v) is 45.6. The number of hydrogen-bond acceptors (Lipinski definition) is 19.